The molecular formula is C15H22ClN4OS-. The lowest BCUT2D eigenvalue weighted by atomic mass is 10.1. The molecule has 0 aliphatic carbocycles. The number of hydrogen-bond acceptors (Lipinski definition) is 4. The molecule has 0 atom stereocenters. The van der Waals surface area contributed by atoms with Crippen LogP contribution in [0.1, 0.15) is 17.0 Å². The topological polar surface area (TPSA) is 50.9 Å². The molecule has 1 aliphatic heterocycles. The zero-order valence-corrected chi connectivity index (χ0v) is 14.8. The molecular weight excluding hydrogens is 320 g/mol. The second kappa shape index (κ2) is 9.02. The van der Waals surface area contributed by atoms with Gasteiger partial charge in [0.1, 0.15) is 0 Å². The summed E-state index contributed by atoms with van der Waals surface area (Å²) in [5, 5.41) is 5.32. The fourth-order valence-electron chi connectivity index (χ4n) is 2.30. The van der Waals surface area contributed by atoms with Crippen LogP contribution in [0.3, 0.4) is 0 Å². The van der Waals surface area contributed by atoms with Crippen LogP contribution in [0.25, 0.3) is 0 Å². The van der Waals surface area contributed by atoms with Crippen molar-refractivity contribution < 1.29 is 17.1 Å². The highest BCUT2D eigenvalue weighted by Crippen LogP contribution is 2.20. The summed E-state index contributed by atoms with van der Waals surface area (Å²) in [6.07, 6.45) is 1.78. The number of hydrazone groups is 1. The minimum Gasteiger partial charge on any atom is -1.00 e. The third-order valence-corrected chi connectivity index (χ3v) is 4.31. The Labute approximate surface area is 142 Å². The Bertz CT molecular complexity index is 580. The molecule has 7 heteroatoms. The number of thioether (sulfide) groups is 1. The van der Waals surface area contributed by atoms with E-state index < -0.39 is 0 Å². The molecule has 2 heterocycles. The third kappa shape index (κ3) is 4.38. The van der Waals surface area contributed by atoms with Gasteiger partial charge in [-0.05, 0) is 19.9 Å². The first kappa shape index (κ1) is 18.8. The molecule has 122 valence electrons. The largest absolute Gasteiger partial charge is 1.00 e. The van der Waals surface area contributed by atoms with Gasteiger partial charge in [-0.25, -0.2) is 0 Å². The number of nitrogens with zero attached hydrogens (tertiary/aromatic N) is 3. The van der Waals surface area contributed by atoms with Gasteiger partial charge in [-0.3, -0.25) is 10.4 Å². The number of hydrogen-bond donors (Lipinski definition) is 1. The van der Waals surface area contributed by atoms with Crippen molar-refractivity contribution in [3.05, 3.63) is 35.7 Å². The second-order valence-electron chi connectivity index (χ2n) is 4.82. The molecule has 0 saturated carbocycles. The smallest absolute Gasteiger partial charge is 0.177 e. The summed E-state index contributed by atoms with van der Waals surface area (Å²) in [7, 11) is 1.73. The van der Waals surface area contributed by atoms with Crippen LogP contribution >= 0.6 is 11.8 Å². The summed E-state index contributed by atoms with van der Waals surface area (Å²) in [6.45, 7) is 10.1. The Morgan fingerprint density at radius 3 is 2.91 bits per heavy atom. The Kier molecular flexibility index (Phi) is 7.72. The number of ether oxygens (including phenoxy) is 1. The molecule has 1 aliphatic rings. The van der Waals surface area contributed by atoms with E-state index in [4.69, 9.17) is 4.74 Å². The first-order chi connectivity index (χ1) is 10.2. The van der Waals surface area contributed by atoms with Crippen LogP contribution in [0.5, 0.6) is 0 Å². The number of aliphatic imine (C=N–C) groups is 1. The minimum absolute atomic E-state index is 0. The Balaban J connectivity index is 0.00000242. The first-order valence-electron chi connectivity index (χ1n) is 6.94. The molecule has 0 saturated heterocycles. The normalized spacial score (nSPS) is 16.0. The van der Waals surface area contributed by atoms with Gasteiger partial charge in [-0.1, -0.05) is 17.8 Å². The average molecular weight is 342 g/mol. The molecule has 0 unspecified atom stereocenters. The molecule has 1 N–H and O–H groups in total. The Morgan fingerprint density at radius 2 is 2.32 bits per heavy atom. The molecule has 0 spiro atoms. The summed E-state index contributed by atoms with van der Waals surface area (Å²) >= 11 is 1.67. The summed E-state index contributed by atoms with van der Waals surface area (Å²) < 4.78 is 7.44. The van der Waals surface area contributed by atoms with Gasteiger partial charge < -0.3 is 21.7 Å². The Hall–Kier alpha value is -1.24. The van der Waals surface area contributed by atoms with E-state index in [1.807, 2.05) is 0 Å². The van der Waals surface area contributed by atoms with Crippen LogP contribution in [0, 0.1) is 13.8 Å². The van der Waals surface area contributed by atoms with Gasteiger partial charge >= 0.3 is 0 Å². The lowest BCUT2D eigenvalue weighted by molar-refractivity contribution is -0.00000485. The summed E-state index contributed by atoms with van der Waals surface area (Å²) in [4.78, 5) is 4.34. The number of aromatic nitrogens is 1. The van der Waals surface area contributed by atoms with E-state index in [0.717, 1.165) is 23.2 Å². The van der Waals surface area contributed by atoms with E-state index >= 15 is 0 Å². The molecule has 2 rings (SSSR count). The summed E-state index contributed by atoms with van der Waals surface area (Å²) in [5.74, 6) is 0.831. The fourth-order valence-corrected chi connectivity index (χ4v) is 3.07. The first-order valence-corrected chi connectivity index (χ1v) is 7.92. The van der Waals surface area contributed by atoms with Gasteiger partial charge in [0.05, 0.1) is 18.9 Å². The van der Waals surface area contributed by atoms with Gasteiger partial charge in [0, 0.05) is 36.4 Å². The zero-order valence-electron chi connectivity index (χ0n) is 13.2. The summed E-state index contributed by atoms with van der Waals surface area (Å²) in [6, 6.07) is 2.19. The molecule has 22 heavy (non-hydrogen) atoms. The second-order valence-corrected chi connectivity index (χ2v) is 5.79. The van der Waals surface area contributed by atoms with Gasteiger partial charge in [0.25, 0.3) is 0 Å². The molecule has 0 bridgehead atoms. The zero-order chi connectivity index (χ0) is 15.2. The van der Waals surface area contributed by atoms with E-state index in [1.165, 1.54) is 17.0 Å². The van der Waals surface area contributed by atoms with Crippen molar-refractivity contribution >= 4 is 22.6 Å². The maximum atomic E-state index is 5.17. The number of methoxy groups -OCH3 is 1. The molecule has 5 nitrogen and oxygen atoms in total. The van der Waals surface area contributed by atoms with Crippen LogP contribution in [0.2, 0.25) is 0 Å². The van der Waals surface area contributed by atoms with Crippen molar-refractivity contribution in [1.82, 2.24) is 9.99 Å². The van der Waals surface area contributed by atoms with E-state index in [2.05, 4.69) is 46.6 Å². The van der Waals surface area contributed by atoms with Crippen molar-refractivity contribution in [3.8, 4) is 0 Å². The molecule has 0 radical (unpaired) electrons. The number of aryl methyl sites for hydroxylation is 1. The highest BCUT2D eigenvalue weighted by atomic mass is 35.5. The van der Waals surface area contributed by atoms with E-state index in [-0.39, 0.29) is 12.4 Å². The molecule has 1 aromatic heterocycles. The summed E-state index contributed by atoms with van der Waals surface area (Å²) in [5.41, 5.74) is 7.75. The number of rotatable bonds is 6. The maximum absolute atomic E-state index is 5.17. The van der Waals surface area contributed by atoms with Gasteiger partial charge in [-0.2, -0.15) is 5.10 Å². The Morgan fingerprint density at radius 1 is 1.55 bits per heavy atom. The van der Waals surface area contributed by atoms with Crippen molar-refractivity contribution in [1.29, 1.82) is 0 Å². The standard InChI is InChI=1S/C15H22N4OS.ClH/c1-5-6-16-15-18-17-14(10-21-15)13-9-11(2)19(12(13)3)7-8-20-4;/h5,9H,1,6-8,10H2,2-4H3,(H,16,18);1H/p-1. The molecule has 1 aromatic rings. The number of amidine groups is 1. The van der Waals surface area contributed by atoms with Crippen molar-refractivity contribution in [2.24, 2.45) is 10.1 Å². The molecule has 0 fully saturated rings. The molecule has 0 amide bonds. The predicted octanol–water partition coefficient (Wildman–Crippen LogP) is -0.662. The van der Waals surface area contributed by atoms with Gasteiger partial charge in [0.15, 0.2) is 5.17 Å². The fraction of sp³-hybridized carbons (Fsp3) is 0.467. The van der Waals surface area contributed by atoms with Crippen LogP contribution in [0.4, 0.5) is 0 Å². The highest BCUT2D eigenvalue weighted by Gasteiger charge is 2.18. The van der Waals surface area contributed by atoms with Gasteiger partial charge in [-0.15, -0.1) is 6.58 Å². The van der Waals surface area contributed by atoms with Crippen molar-refractivity contribution in [3.63, 3.8) is 0 Å². The predicted molar refractivity (Wildman–Crippen MR) is 90.4 cm³/mol. The average Bonchev–Trinajstić information content (AvgIpc) is 2.78. The maximum Gasteiger partial charge on any atom is 0.177 e. The van der Waals surface area contributed by atoms with Crippen LogP contribution < -0.4 is 17.8 Å². The van der Waals surface area contributed by atoms with Crippen LogP contribution in [-0.2, 0) is 11.3 Å². The minimum atomic E-state index is 0. The van der Waals surface area contributed by atoms with E-state index in [1.54, 1.807) is 24.9 Å². The van der Waals surface area contributed by atoms with Crippen molar-refractivity contribution in [2.45, 2.75) is 20.4 Å². The monoisotopic (exact) mass is 341 g/mol. The quantitative estimate of drug-likeness (QED) is 0.699. The van der Waals surface area contributed by atoms with E-state index in [9.17, 15) is 0 Å². The number of halogens is 1. The highest BCUT2D eigenvalue weighted by molar-refractivity contribution is 8.14. The third-order valence-electron chi connectivity index (χ3n) is 3.40. The molecule has 0 aromatic carbocycles. The van der Waals surface area contributed by atoms with E-state index in [0.29, 0.717) is 13.2 Å². The van der Waals surface area contributed by atoms with Crippen LogP contribution in [0.15, 0.2) is 28.8 Å². The van der Waals surface area contributed by atoms with Crippen LogP contribution in [-0.4, -0.2) is 41.5 Å². The lowest BCUT2D eigenvalue weighted by Crippen LogP contribution is -3.00. The SMILES string of the molecule is C=CCN=C1NN=C(c2cc(C)n(CCOC)c2C)CS1.[Cl-]. The van der Waals surface area contributed by atoms with Gasteiger partial charge in [0.2, 0.25) is 0 Å². The lowest BCUT2D eigenvalue weighted by Gasteiger charge is -2.15. The number of nitrogens with one attached hydrogen (secondary N) is 1. The van der Waals surface area contributed by atoms with Crippen molar-refractivity contribution in [2.75, 3.05) is 26.0 Å².